The summed E-state index contributed by atoms with van der Waals surface area (Å²) in [6, 6.07) is 3.59. The maximum absolute atomic E-state index is 10.8. The molecule has 0 aromatic heterocycles. The van der Waals surface area contributed by atoms with Crippen LogP contribution in [0.1, 0.15) is 61.2 Å². The molecule has 0 heterocycles. The molecular weight excluding hydrogens is 212 g/mol. The Morgan fingerprint density at radius 3 is 2.24 bits per heavy atom. The van der Waals surface area contributed by atoms with Gasteiger partial charge in [0.05, 0.1) is 5.56 Å². The lowest BCUT2D eigenvalue weighted by Gasteiger charge is -2.05. The monoisotopic (exact) mass is 236 g/mol. The number of aromatic carboxylic acids is 1. The zero-order valence-corrected chi connectivity index (χ0v) is 11.6. The fourth-order valence-corrected chi connectivity index (χ4v) is 2.05. The fraction of sp³-hybridized carbons (Fsp3) is 0.533. The number of carboxylic acid groups (broad SMARTS) is 1. The first-order chi connectivity index (χ1) is 8.18. The Morgan fingerprint density at radius 2 is 1.71 bits per heavy atom. The largest absolute Gasteiger partial charge is 0.478 e. The summed E-state index contributed by atoms with van der Waals surface area (Å²) in [5.41, 5.74) is 4.16. The van der Waals surface area contributed by atoms with Gasteiger partial charge in [-0.05, 0) is 55.0 Å². The Labute approximate surface area is 105 Å². The van der Waals surface area contributed by atoms with Crippen molar-refractivity contribution in [1.82, 2.24) is 0 Å². The van der Waals surface area contributed by atoms with Crippen LogP contribution in [-0.2, 0) is 12.8 Å². The average molecular weight is 236 g/mol. The second kappa shape index (κ2) is 7.88. The number of hydrogen-bond acceptors (Lipinski definition) is 1. The van der Waals surface area contributed by atoms with E-state index >= 15 is 0 Å². The second-order valence-electron chi connectivity index (χ2n) is 3.59. The van der Waals surface area contributed by atoms with Crippen molar-refractivity contribution in [2.24, 2.45) is 0 Å². The van der Waals surface area contributed by atoms with E-state index in [0.29, 0.717) is 5.56 Å². The summed E-state index contributed by atoms with van der Waals surface area (Å²) in [5.74, 6) is -0.821. The molecule has 0 amide bonds. The third-order valence-electron chi connectivity index (χ3n) is 2.69. The normalized spacial score (nSPS) is 11.6. The average Bonchev–Trinajstić information content (AvgIpc) is 2.83. The molecule has 1 aromatic carbocycles. The van der Waals surface area contributed by atoms with E-state index in [1.807, 2.05) is 40.7 Å². The molecule has 96 valence electrons. The van der Waals surface area contributed by atoms with E-state index in [-0.39, 0.29) is 0 Å². The molecule has 0 saturated heterocycles. The highest BCUT2D eigenvalue weighted by molar-refractivity contribution is 5.88. The van der Waals surface area contributed by atoms with Crippen molar-refractivity contribution in [3.8, 4) is 0 Å². The molecule has 0 spiro atoms. The van der Waals surface area contributed by atoms with E-state index in [0.717, 1.165) is 18.4 Å². The topological polar surface area (TPSA) is 37.3 Å². The molecule has 1 aliphatic rings. The molecule has 0 radical (unpaired) electrons. The molecule has 0 atom stereocenters. The molecule has 0 aliphatic heterocycles. The van der Waals surface area contributed by atoms with Gasteiger partial charge in [0, 0.05) is 0 Å². The Morgan fingerprint density at radius 1 is 1.12 bits per heavy atom. The zero-order valence-electron chi connectivity index (χ0n) is 11.6. The van der Waals surface area contributed by atoms with E-state index in [4.69, 9.17) is 5.11 Å². The van der Waals surface area contributed by atoms with Crippen LogP contribution in [0, 0.1) is 6.92 Å². The smallest absolute Gasteiger partial charge is 0.335 e. The Bertz CT molecular complexity index is 367. The van der Waals surface area contributed by atoms with Crippen LogP contribution in [0.3, 0.4) is 0 Å². The number of fused-ring (bicyclic) bond motifs is 1. The molecule has 0 bridgehead atoms. The molecule has 1 N–H and O–H groups in total. The van der Waals surface area contributed by atoms with Crippen LogP contribution in [0.15, 0.2) is 12.1 Å². The van der Waals surface area contributed by atoms with Crippen molar-refractivity contribution < 1.29 is 9.90 Å². The number of aryl methyl sites for hydroxylation is 2. The van der Waals surface area contributed by atoms with Crippen molar-refractivity contribution >= 4 is 5.97 Å². The van der Waals surface area contributed by atoms with E-state index in [1.54, 1.807) is 6.07 Å². The minimum absolute atomic E-state index is 0.429. The van der Waals surface area contributed by atoms with Crippen LogP contribution in [0.25, 0.3) is 0 Å². The van der Waals surface area contributed by atoms with Crippen molar-refractivity contribution in [2.75, 3.05) is 0 Å². The summed E-state index contributed by atoms with van der Waals surface area (Å²) in [7, 11) is 0. The predicted molar refractivity (Wildman–Crippen MR) is 72.9 cm³/mol. The molecule has 2 nitrogen and oxygen atoms in total. The minimum Gasteiger partial charge on any atom is -0.478 e. The van der Waals surface area contributed by atoms with Gasteiger partial charge < -0.3 is 5.11 Å². The molecule has 0 fully saturated rings. The van der Waals surface area contributed by atoms with Gasteiger partial charge >= 0.3 is 5.97 Å². The van der Waals surface area contributed by atoms with Crippen molar-refractivity contribution in [1.29, 1.82) is 0 Å². The molecule has 0 unspecified atom stereocenters. The summed E-state index contributed by atoms with van der Waals surface area (Å²) >= 11 is 0. The molecule has 17 heavy (non-hydrogen) atoms. The van der Waals surface area contributed by atoms with Crippen molar-refractivity contribution in [3.05, 3.63) is 34.4 Å². The summed E-state index contributed by atoms with van der Waals surface area (Å²) in [5, 5.41) is 8.84. The lowest BCUT2D eigenvalue weighted by atomic mass is 10.0. The SMILES string of the molecule is CC.CC.Cc1cc(C(=O)O)cc2c1CCC2. The first-order valence-corrected chi connectivity index (χ1v) is 6.54. The van der Waals surface area contributed by atoms with E-state index in [2.05, 4.69) is 0 Å². The number of hydrogen-bond donors (Lipinski definition) is 1. The van der Waals surface area contributed by atoms with Crippen molar-refractivity contribution in [2.45, 2.75) is 53.9 Å². The Hall–Kier alpha value is -1.31. The summed E-state index contributed by atoms with van der Waals surface area (Å²) in [6.45, 7) is 10.00. The first-order valence-electron chi connectivity index (χ1n) is 6.54. The summed E-state index contributed by atoms with van der Waals surface area (Å²) in [6.07, 6.45) is 3.32. The van der Waals surface area contributed by atoms with Gasteiger partial charge in [-0.15, -0.1) is 0 Å². The van der Waals surface area contributed by atoms with Crippen LogP contribution in [-0.4, -0.2) is 11.1 Å². The minimum atomic E-state index is -0.821. The highest BCUT2D eigenvalue weighted by atomic mass is 16.4. The van der Waals surface area contributed by atoms with Crippen LogP contribution in [0.5, 0.6) is 0 Å². The summed E-state index contributed by atoms with van der Waals surface area (Å²) < 4.78 is 0. The quantitative estimate of drug-likeness (QED) is 0.792. The second-order valence-corrected chi connectivity index (χ2v) is 3.59. The number of rotatable bonds is 1. The molecule has 1 aromatic rings. The maximum Gasteiger partial charge on any atom is 0.335 e. The van der Waals surface area contributed by atoms with Crippen LogP contribution in [0.2, 0.25) is 0 Å². The van der Waals surface area contributed by atoms with Crippen molar-refractivity contribution in [3.63, 3.8) is 0 Å². The highest BCUT2D eigenvalue weighted by Crippen LogP contribution is 2.26. The van der Waals surface area contributed by atoms with Crippen LogP contribution < -0.4 is 0 Å². The van der Waals surface area contributed by atoms with Gasteiger partial charge in [-0.2, -0.15) is 0 Å². The Kier molecular flexibility index (Phi) is 7.27. The number of carbonyl (C=O) groups is 1. The van der Waals surface area contributed by atoms with Gasteiger partial charge in [0.25, 0.3) is 0 Å². The molecule has 2 heteroatoms. The lowest BCUT2D eigenvalue weighted by Crippen LogP contribution is -1.99. The molecule has 2 rings (SSSR count). The van der Waals surface area contributed by atoms with Gasteiger partial charge in [0.1, 0.15) is 0 Å². The number of carboxylic acids is 1. The standard InChI is InChI=1S/C11H12O2.2C2H6/c1-7-5-9(11(12)13)6-8-3-2-4-10(7)8;2*1-2/h5-6H,2-4H2,1H3,(H,12,13);2*1-2H3. The van der Waals surface area contributed by atoms with E-state index in [1.165, 1.54) is 17.5 Å². The van der Waals surface area contributed by atoms with Gasteiger partial charge in [-0.25, -0.2) is 4.79 Å². The highest BCUT2D eigenvalue weighted by Gasteiger charge is 2.15. The molecular formula is C15H24O2. The van der Waals surface area contributed by atoms with Gasteiger partial charge in [0.15, 0.2) is 0 Å². The van der Waals surface area contributed by atoms with E-state index in [9.17, 15) is 4.79 Å². The van der Waals surface area contributed by atoms with Gasteiger partial charge in [-0.3, -0.25) is 0 Å². The lowest BCUT2D eigenvalue weighted by molar-refractivity contribution is 0.0696. The predicted octanol–water partition coefficient (Wildman–Crippen LogP) is 4.23. The number of benzene rings is 1. The molecule has 1 aliphatic carbocycles. The third-order valence-corrected chi connectivity index (χ3v) is 2.69. The van der Waals surface area contributed by atoms with E-state index < -0.39 is 5.97 Å². The maximum atomic E-state index is 10.8. The fourth-order valence-electron chi connectivity index (χ4n) is 2.05. The Balaban J connectivity index is 0.000000581. The first kappa shape index (κ1) is 15.7. The third kappa shape index (κ3) is 3.88. The van der Waals surface area contributed by atoms with Crippen LogP contribution in [0.4, 0.5) is 0 Å². The zero-order chi connectivity index (χ0) is 13.4. The van der Waals surface area contributed by atoms with Gasteiger partial charge in [-0.1, -0.05) is 27.7 Å². The molecule has 0 saturated carbocycles. The van der Waals surface area contributed by atoms with Crippen LogP contribution >= 0.6 is 0 Å². The van der Waals surface area contributed by atoms with Gasteiger partial charge in [0.2, 0.25) is 0 Å². The summed E-state index contributed by atoms with van der Waals surface area (Å²) in [4.78, 5) is 10.8.